The highest BCUT2D eigenvalue weighted by Crippen LogP contribution is 2.37. The molecule has 0 aromatic heterocycles. The summed E-state index contributed by atoms with van der Waals surface area (Å²) in [6.45, 7) is 0. The number of carbonyl (C=O) groups excluding carboxylic acids is 1. The SMILES string of the molecule is COc1cccc(/C=C2/CCC/C(=C\c3cccc(OC)c3OC)C2=O)c1OC. The fraction of sp³-hybridized carbons (Fsp3) is 0.292. The van der Waals surface area contributed by atoms with Crippen LogP contribution in [0.3, 0.4) is 0 Å². The van der Waals surface area contributed by atoms with E-state index in [2.05, 4.69) is 0 Å². The summed E-state index contributed by atoms with van der Waals surface area (Å²) in [5.41, 5.74) is 3.18. The van der Waals surface area contributed by atoms with Gasteiger partial charge < -0.3 is 18.9 Å². The molecule has 1 fully saturated rings. The fourth-order valence-corrected chi connectivity index (χ4v) is 3.60. The van der Waals surface area contributed by atoms with Crippen LogP contribution in [0, 0.1) is 0 Å². The lowest BCUT2D eigenvalue weighted by Gasteiger charge is -2.18. The second-order valence-corrected chi connectivity index (χ2v) is 6.69. The summed E-state index contributed by atoms with van der Waals surface area (Å²) in [6.07, 6.45) is 6.17. The van der Waals surface area contributed by atoms with Crippen LogP contribution in [0.2, 0.25) is 0 Å². The summed E-state index contributed by atoms with van der Waals surface area (Å²) in [6, 6.07) is 11.3. The van der Waals surface area contributed by atoms with E-state index in [1.807, 2.05) is 48.6 Å². The predicted octanol–water partition coefficient (Wildman–Crippen LogP) is 4.94. The third kappa shape index (κ3) is 4.29. The number of allylic oxidation sites excluding steroid dienone is 2. The summed E-state index contributed by atoms with van der Waals surface area (Å²) >= 11 is 0. The molecule has 0 radical (unpaired) electrons. The maximum Gasteiger partial charge on any atom is 0.185 e. The summed E-state index contributed by atoms with van der Waals surface area (Å²) in [7, 11) is 6.40. The number of ketones is 1. The Labute approximate surface area is 171 Å². The minimum absolute atomic E-state index is 0.0472. The first kappa shape index (κ1) is 20.5. The van der Waals surface area contributed by atoms with E-state index < -0.39 is 0 Å². The molecule has 0 heterocycles. The Morgan fingerprint density at radius 2 is 1.14 bits per heavy atom. The second kappa shape index (κ2) is 9.32. The minimum atomic E-state index is 0.0472. The highest BCUT2D eigenvalue weighted by molar-refractivity contribution is 6.14. The van der Waals surface area contributed by atoms with Crippen LogP contribution >= 0.6 is 0 Å². The first-order chi connectivity index (χ1) is 14.1. The number of rotatable bonds is 6. The minimum Gasteiger partial charge on any atom is -0.493 e. The fourth-order valence-electron chi connectivity index (χ4n) is 3.60. The van der Waals surface area contributed by atoms with Gasteiger partial charge >= 0.3 is 0 Å². The number of carbonyl (C=O) groups is 1. The Hall–Kier alpha value is -3.21. The average Bonchev–Trinajstić information content (AvgIpc) is 2.75. The third-order valence-electron chi connectivity index (χ3n) is 5.00. The highest BCUT2D eigenvalue weighted by Gasteiger charge is 2.22. The number of methoxy groups -OCH3 is 4. The van der Waals surface area contributed by atoms with E-state index >= 15 is 0 Å². The van der Waals surface area contributed by atoms with Crippen molar-refractivity contribution in [3.05, 3.63) is 58.7 Å². The van der Waals surface area contributed by atoms with E-state index in [0.29, 0.717) is 23.0 Å². The lowest BCUT2D eigenvalue weighted by Crippen LogP contribution is -2.12. The first-order valence-electron chi connectivity index (χ1n) is 9.50. The molecule has 0 unspecified atom stereocenters. The van der Waals surface area contributed by atoms with E-state index in [1.165, 1.54) is 0 Å². The third-order valence-corrected chi connectivity index (χ3v) is 5.00. The molecule has 1 aliphatic carbocycles. The van der Waals surface area contributed by atoms with Gasteiger partial charge in [-0.3, -0.25) is 4.79 Å². The number of hydrogen-bond acceptors (Lipinski definition) is 5. The number of para-hydroxylation sites is 2. The molecule has 0 N–H and O–H groups in total. The van der Waals surface area contributed by atoms with Gasteiger partial charge in [0.05, 0.1) is 28.4 Å². The van der Waals surface area contributed by atoms with Crippen molar-refractivity contribution in [2.45, 2.75) is 19.3 Å². The van der Waals surface area contributed by atoms with Crippen LogP contribution in [0.4, 0.5) is 0 Å². The smallest absolute Gasteiger partial charge is 0.185 e. The zero-order valence-electron chi connectivity index (χ0n) is 17.3. The molecule has 152 valence electrons. The second-order valence-electron chi connectivity index (χ2n) is 6.69. The standard InChI is InChI=1S/C24H26O5/c1-26-20-12-6-10-18(23(20)28-3)14-16-8-5-9-17(22(16)25)15-19-11-7-13-21(27-2)24(19)29-4/h6-7,10-15H,5,8-9H2,1-4H3/b16-14-,17-15+. The molecule has 5 heteroatoms. The molecule has 0 atom stereocenters. The van der Waals surface area contributed by atoms with Crippen LogP contribution in [0.5, 0.6) is 23.0 Å². The Balaban J connectivity index is 1.98. The first-order valence-corrected chi connectivity index (χ1v) is 9.50. The van der Waals surface area contributed by atoms with E-state index in [0.717, 1.165) is 41.5 Å². The lowest BCUT2D eigenvalue weighted by atomic mass is 9.86. The van der Waals surface area contributed by atoms with Crippen LogP contribution in [-0.2, 0) is 4.79 Å². The summed E-state index contributed by atoms with van der Waals surface area (Å²) in [4.78, 5) is 13.2. The normalized spacial score (nSPS) is 16.8. The van der Waals surface area contributed by atoms with Crippen LogP contribution in [0.25, 0.3) is 12.2 Å². The van der Waals surface area contributed by atoms with E-state index in [-0.39, 0.29) is 5.78 Å². The number of benzene rings is 2. The molecule has 2 aromatic rings. The maximum absolute atomic E-state index is 13.2. The molecule has 0 spiro atoms. The van der Waals surface area contributed by atoms with E-state index in [9.17, 15) is 4.79 Å². The van der Waals surface area contributed by atoms with Gasteiger partial charge in [-0.1, -0.05) is 24.3 Å². The molecular formula is C24H26O5. The molecule has 29 heavy (non-hydrogen) atoms. The number of Topliss-reactive ketones (excluding diaryl/α,β-unsaturated/α-hetero) is 1. The van der Waals surface area contributed by atoms with Gasteiger partial charge in [0.1, 0.15) is 0 Å². The van der Waals surface area contributed by atoms with Crippen LogP contribution < -0.4 is 18.9 Å². The van der Waals surface area contributed by atoms with Crippen LogP contribution in [0.1, 0.15) is 30.4 Å². The van der Waals surface area contributed by atoms with Crippen molar-refractivity contribution in [1.29, 1.82) is 0 Å². The Morgan fingerprint density at radius 3 is 1.52 bits per heavy atom. The predicted molar refractivity (Wildman–Crippen MR) is 114 cm³/mol. The van der Waals surface area contributed by atoms with Crippen molar-refractivity contribution in [3.8, 4) is 23.0 Å². The van der Waals surface area contributed by atoms with Crippen molar-refractivity contribution in [2.24, 2.45) is 0 Å². The van der Waals surface area contributed by atoms with Crippen LogP contribution in [-0.4, -0.2) is 34.2 Å². The molecule has 5 nitrogen and oxygen atoms in total. The molecule has 1 saturated carbocycles. The monoisotopic (exact) mass is 394 g/mol. The summed E-state index contributed by atoms with van der Waals surface area (Å²) < 4.78 is 21.7. The van der Waals surface area contributed by atoms with Gasteiger partial charge in [-0.25, -0.2) is 0 Å². The van der Waals surface area contributed by atoms with Crippen molar-refractivity contribution in [3.63, 3.8) is 0 Å². The average molecular weight is 394 g/mol. The van der Waals surface area contributed by atoms with Gasteiger partial charge in [0.25, 0.3) is 0 Å². The Morgan fingerprint density at radius 1 is 0.690 bits per heavy atom. The molecule has 1 aliphatic rings. The topological polar surface area (TPSA) is 54.0 Å². The largest absolute Gasteiger partial charge is 0.493 e. The van der Waals surface area contributed by atoms with E-state index in [4.69, 9.17) is 18.9 Å². The number of hydrogen-bond donors (Lipinski definition) is 0. The summed E-state index contributed by atoms with van der Waals surface area (Å²) in [5.74, 6) is 2.58. The maximum atomic E-state index is 13.2. The van der Waals surface area contributed by atoms with Crippen LogP contribution in [0.15, 0.2) is 47.5 Å². The van der Waals surface area contributed by atoms with Gasteiger partial charge in [-0.05, 0) is 43.5 Å². The molecule has 0 saturated heterocycles. The van der Waals surface area contributed by atoms with Crippen molar-refractivity contribution < 1.29 is 23.7 Å². The lowest BCUT2D eigenvalue weighted by molar-refractivity contribution is -0.112. The Bertz CT molecular complexity index is 880. The molecule has 0 aliphatic heterocycles. The zero-order valence-corrected chi connectivity index (χ0v) is 17.3. The highest BCUT2D eigenvalue weighted by atomic mass is 16.5. The summed E-state index contributed by atoms with van der Waals surface area (Å²) in [5, 5.41) is 0. The molecule has 3 rings (SSSR count). The number of ether oxygens (including phenoxy) is 4. The van der Waals surface area contributed by atoms with Gasteiger partial charge in [-0.15, -0.1) is 0 Å². The molecule has 2 aromatic carbocycles. The van der Waals surface area contributed by atoms with Crippen molar-refractivity contribution in [2.75, 3.05) is 28.4 Å². The van der Waals surface area contributed by atoms with Crippen molar-refractivity contribution in [1.82, 2.24) is 0 Å². The quantitative estimate of drug-likeness (QED) is 0.650. The van der Waals surface area contributed by atoms with E-state index in [1.54, 1.807) is 28.4 Å². The zero-order chi connectivity index (χ0) is 20.8. The molecular weight excluding hydrogens is 368 g/mol. The molecule has 0 amide bonds. The van der Waals surface area contributed by atoms with Gasteiger partial charge in [-0.2, -0.15) is 0 Å². The van der Waals surface area contributed by atoms with Gasteiger partial charge in [0.15, 0.2) is 28.8 Å². The van der Waals surface area contributed by atoms with Gasteiger partial charge in [0.2, 0.25) is 0 Å². The Kier molecular flexibility index (Phi) is 6.60. The molecule has 0 bridgehead atoms. The van der Waals surface area contributed by atoms with Crippen molar-refractivity contribution >= 4 is 17.9 Å². The van der Waals surface area contributed by atoms with Gasteiger partial charge in [0, 0.05) is 22.3 Å².